The number of H-pyrrole nitrogens is 1. The topological polar surface area (TPSA) is 113 Å². The molecule has 1 aliphatic rings. The monoisotopic (exact) mass is 298 g/mol. The molecular formula is C12H15FN4O4. The van der Waals surface area contributed by atoms with Crippen molar-refractivity contribution >= 4 is 11.2 Å². The summed E-state index contributed by atoms with van der Waals surface area (Å²) in [6.07, 6.45) is 0.0428. The average molecular weight is 298 g/mol. The number of rotatable bonds is 2. The lowest BCUT2D eigenvalue weighted by Gasteiger charge is -2.32. The van der Waals surface area contributed by atoms with Gasteiger partial charge in [0.25, 0.3) is 5.56 Å². The zero-order valence-corrected chi connectivity index (χ0v) is 11.4. The number of aliphatic hydroxyl groups is 2. The fourth-order valence-corrected chi connectivity index (χ4v) is 2.56. The summed E-state index contributed by atoms with van der Waals surface area (Å²) in [7, 11) is 0. The van der Waals surface area contributed by atoms with E-state index in [1.54, 1.807) is 0 Å². The molecule has 0 bridgehead atoms. The highest BCUT2D eigenvalue weighted by Gasteiger charge is 2.63. The van der Waals surface area contributed by atoms with Gasteiger partial charge >= 0.3 is 0 Å². The first-order valence-corrected chi connectivity index (χ1v) is 6.38. The zero-order valence-electron chi connectivity index (χ0n) is 11.4. The van der Waals surface area contributed by atoms with Gasteiger partial charge in [-0.1, -0.05) is 0 Å². The van der Waals surface area contributed by atoms with Crippen LogP contribution < -0.4 is 5.56 Å². The SMILES string of the molecule is C[C@]1(O)[C@@H](CO)O[C@H](n2cnc3c(=O)[nH]cnc32)[C@]1(C)F. The van der Waals surface area contributed by atoms with Gasteiger partial charge < -0.3 is 19.9 Å². The third-order valence-electron chi connectivity index (χ3n) is 4.16. The van der Waals surface area contributed by atoms with Crippen LogP contribution in [-0.2, 0) is 4.74 Å². The van der Waals surface area contributed by atoms with Crippen LogP contribution in [0.15, 0.2) is 17.4 Å². The average Bonchev–Trinajstić information content (AvgIpc) is 2.90. The van der Waals surface area contributed by atoms with Gasteiger partial charge in [-0.2, -0.15) is 0 Å². The third-order valence-corrected chi connectivity index (χ3v) is 4.16. The number of imidazole rings is 1. The number of nitrogens with zero attached hydrogens (tertiary/aromatic N) is 3. The minimum atomic E-state index is -2.21. The van der Waals surface area contributed by atoms with E-state index in [9.17, 15) is 15.0 Å². The van der Waals surface area contributed by atoms with Crippen LogP contribution >= 0.6 is 0 Å². The molecule has 8 nitrogen and oxygen atoms in total. The molecule has 0 radical (unpaired) electrons. The standard InChI is InChI=1S/C12H15FN4O4/c1-11(13)10(21-6(3-18)12(11,2)20)17-5-16-7-8(17)14-4-15-9(7)19/h4-6,10,18,20H,3H2,1-2H3,(H,14,15,19)/t6-,10+,11+,12+/m1/s1. The molecule has 0 amide bonds. The maximum Gasteiger partial charge on any atom is 0.278 e. The Morgan fingerprint density at radius 2 is 2.24 bits per heavy atom. The van der Waals surface area contributed by atoms with Gasteiger partial charge in [0.15, 0.2) is 23.1 Å². The molecule has 114 valence electrons. The van der Waals surface area contributed by atoms with Crippen LogP contribution in [0, 0.1) is 0 Å². The van der Waals surface area contributed by atoms with Crippen LogP contribution in [0.5, 0.6) is 0 Å². The number of hydrogen-bond donors (Lipinski definition) is 3. The van der Waals surface area contributed by atoms with E-state index >= 15 is 4.39 Å². The van der Waals surface area contributed by atoms with Gasteiger partial charge in [-0.25, -0.2) is 14.4 Å². The molecule has 2 aromatic heterocycles. The molecule has 3 rings (SSSR count). The summed E-state index contributed by atoms with van der Waals surface area (Å²) < 4.78 is 21.7. The van der Waals surface area contributed by atoms with Gasteiger partial charge in [-0.15, -0.1) is 0 Å². The quantitative estimate of drug-likeness (QED) is 0.688. The summed E-state index contributed by atoms with van der Waals surface area (Å²) in [5, 5.41) is 19.6. The van der Waals surface area contributed by atoms with Gasteiger partial charge in [0, 0.05) is 0 Å². The number of aliphatic hydroxyl groups excluding tert-OH is 1. The molecule has 1 aliphatic heterocycles. The number of hydrogen-bond acceptors (Lipinski definition) is 6. The van der Waals surface area contributed by atoms with Crippen molar-refractivity contribution in [3.63, 3.8) is 0 Å². The van der Waals surface area contributed by atoms with E-state index in [1.165, 1.54) is 31.1 Å². The molecule has 0 unspecified atom stereocenters. The van der Waals surface area contributed by atoms with Crippen molar-refractivity contribution < 1.29 is 19.3 Å². The second-order valence-corrected chi connectivity index (χ2v) is 5.44. The Morgan fingerprint density at radius 1 is 1.52 bits per heavy atom. The molecule has 0 saturated carbocycles. The molecular weight excluding hydrogens is 283 g/mol. The molecule has 0 aromatic carbocycles. The highest BCUT2D eigenvalue weighted by atomic mass is 19.1. The van der Waals surface area contributed by atoms with Crippen LogP contribution in [0.1, 0.15) is 20.1 Å². The number of alkyl halides is 1. The molecule has 0 spiro atoms. The van der Waals surface area contributed by atoms with Gasteiger partial charge in [-0.3, -0.25) is 9.36 Å². The van der Waals surface area contributed by atoms with Crippen molar-refractivity contribution in [2.24, 2.45) is 0 Å². The van der Waals surface area contributed by atoms with E-state index in [2.05, 4.69) is 15.0 Å². The smallest absolute Gasteiger partial charge is 0.278 e. The Morgan fingerprint density at radius 3 is 2.86 bits per heavy atom. The lowest BCUT2D eigenvalue weighted by atomic mass is 9.85. The lowest BCUT2D eigenvalue weighted by molar-refractivity contribution is -0.0891. The maximum absolute atomic E-state index is 15.0. The summed E-state index contributed by atoms with van der Waals surface area (Å²) in [6.45, 7) is 1.89. The minimum Gasteiger partial charge on any atom is -0.394 e. The van der Waals surface area contributed by atoms with Crippen molar-refractivity contribution in [2.45, 2.75) is 37.4 Å². The molecule has 9 heteroatoms. The van der Waals surface area contributed by atoms with Crippen LogP contribution in [-0.4, -0.2) is 53.7 Å². The zero-order chi connectivity index (χ0) is 15.4. The van der Waals surface area contributed by atoms with E-state index < -0.39 is 35.8 Å². The van der Waals surface area contributed by atoms with Crippen molar-refractivity contribution in [1.82, 2.24) is 19.5 Å². The predicted molar refractivity (Wildman–Crippen MR) is 69.3 cm³/mol. The van der Waals surface area contributed by atoms with E-state index in [0.717, 1.165) is 0 Å². The molecule has 4 atom stereocenters. The second-order valence-electron chi connectivity index (χ2n) is 5.44. The summed E-state index contributed by atoms with van der Waals surface area (Å²) >= 11 is 0. The summed E-state index contributed by atoms with van der Waals surface area (Å²) in [4.78, 5) is 21.8. The molecule has 3 N–H and O–H groups in total. The van der Waals surface area contributed by atoms with Crippen molar-refractivity contribution in [2.75, 3.05) is 6.61 Å². The van der Waals surface area contributed by atoms with Crippen molar-refractivity contribution in [3.8, 4) is 0 Å². The van der Waals surface area contributed by atoms with Gasteiger partial charge in [0.1, 0.15) is 11.7 Å². The Bertz CT molecular complexity index is 738. The number of aromatic nitrogens is 4. The summed E-state index contributed by atoms with van der Waals surface area (Å²) in [5.74, 6) is 0. The molecule has 1 saturated heterocycles. The number of nitrogens with one attached hydrogen (secondary N) is 1. The van der Waals surface area contributed by atoms with Crippen molar-refractivity contribution in [3.05, 3.63) is 23.0 Å². The minimum absolute atomic E-state index is 0.0454. The number of halogens is 1. The fourth-order valence-electron chi connectivity index (χ4n) is 2.56. The largest absolute Gasteiger partial charge is 0.394 e. The van der Waals surface area contributed by atoms with Crippen LogP contribution in [0.4, 0.5) is 4.39 Å². The van der Waals surface area contributed by atoms with E-state index in [0.29, 0.717) is 0 Å². The first-order chi connectivity index (χ1) is 9.80. The Hall–Kier alpha value is -1.84. The van der Waals surface area contributed by atoms with Crippen LogP contribution in [0.2, 0.25) is 0 Å². The summed E-state index contributed by atoms with van der Waals surface area (Å²) in [6, 6.07) is 0. The van der Waals surface area contributed by atoms with E-state index in [4.69, 9.17) is 4.74 Å². The van der Waals surface area contributed by atoms with Gasteiger partial charge in [-0.05, 0) is 13.8 Å². The van der Waals surface area contributed by atoms with E-state index in [1.807, 2.05) is 0 Å². The third kappa shape index (κ3) is 1.74. The lowest BCUT2D eigenvalue weighted by Crippen LogP contribution is -2.51. The molecule has 2 aromatic rings. The van der Waals surface area contributed by atoms with Gasteiger partial charge in [0.05, 0.1) is 19.3 Å². The molecule has 21 heavy (non-hydrogen) atoms. The fraction of sp³-hybridized carbons (Fsp3) is 0.583. The summed E-state index contributed by atoms with van der Waals surface area (Å²) in [5.41, 5.74) is -4.38. The normalized spacial score (nSPS) is 36.4. The Kier molecular flexibility index (Phi) is 2.91. The van der Waals surface area contributed by atoms with E-state index in [-0.39, 0.29) is 11.2 Å². The van der Waals surface area contributed by atoms with Crippen molar-refractivity contribution in [1.29, 1.82) is 0 Å². The maximum atomic E-state index is 15.0. The van der Waals surface area contributed by atoms with Gasteiger partial charge in [0.2, 0.25) is 0 Å². The first kappa shape index (κ1) is 14.1. The molecule has 3 heterocycles. The number of ether oxygens (including phenoxy) is 1. The Labute approximate surface area is 118 Å². The van der Waals surface area contributed by atoms with Crippen LogP contribution in [0.3, 0.4) is 0 Å². The molecule has 1 fully saturated rings. The highest BCUT2D eigenvalue weighted by Crippen LogP contribution is 2.48. The molecule has 0 aliphatic carbocycles. The number of aromatic amines is 1. The predicted octanol–water partition coefficient (Wildman–Crippen LogP) is -0.512. The highest BCUT2D eigenvalue weighted by molar-refractivity contribution is 5.69. The Balaban J connectivity index is 2.15. The number of fused-ring (bicyclic) bond motifs is 1. The van der Waals surface area contributed by atoms with Crippen LogP contribution in [0.25, 0.3) is 11.2 Å². The first-order valence-electron chi connectivity index (χ1n) is 6.38. The second kappa shape index (κ2) is 4.33.